The Bertz CT molecular complexity index is 424. The fourth-order valence-corrected chi connectivity index (χ4v) is 3.29. The van der Waals surface area contributed by atoms with Crippen molar-refractivity contribution in [1.29, 1.82) is 0 Å². The van der Waals surface area contributed by atoms with E-state index in [1.807, 2.05) is 32.0 Å². The summed E-state index contributed by atoms with van der Waals surface area (Å²) >= 11 is 1.65. The Balaban J connectivity index is 1.99. The lowest BCUT2D eigenvalue weighted by molar-refractivity contribution is -0.137. The maximum Gasteiger partial charge on any atom is 0.242 e. The molecule has 1 amide bonds. The Kier molecular flexibility index (Phi) is 4.02. The number of rotatable bonds is 3. The normalized spacial score (nSPS) is 23.9. The van der Waals surface area contributed by atoms with E-state index in [4.69, 9.17) is 0 Å². The van der Waals surface area contributed by atoms with Gasteiger partial charge >= 0.3 is 0 Å². The molecule has 0 radical (unpaired) electrons. The van der Waals surface area contributed by atoms with Crippen molar-refractivity contribution in [3.05, 3.63) is 16.1 Å². The molecule has 1 saturated heterocycles. The first-order valence-corrected chi connectivity index (χ1v) is 7.25. The number of piperidine rings is 1. The number of nitrogens with zero attached hydrogens (tertiary/aromatic N) is 2. The van der Waals surface area contributed by atoms with Crippen LogP contribution in [0.4, 0.5) is 0 Å². The van der Waals surface area contributed by atoms with Gasteiger partial charge in [-0.2, -0.15) is 0 Å². The van der Waals surface area contributed by atoms with E-state index in [0.29, 0.717) is 6.54 Å². The van der Waals surface area contributed by atoms with E-state index in [-0.39, 0.29) is 11.4 Å². The third-order valence-corrected chi connectivity index (χ3v) is 4.40. The summed E-state index contributed by atoms with van der Waals surface area (Å²) in [4.78, 5) is 19.7. The van der Waals surface area contributed by atoms with Crippen LogP contribution in [-0.2, 0) is 11.3 Å². The van der Waals surface area contributed by atoms with Crippen molar-refractivity contribution in [3.8, 4) is 0 Å². The van der Waals surface area contributed by atoms with Gasteiger partial charge in [0.05, 0.1) is 17.1 Å². The SMILES string of the molecule is Cc1ncc(CN(C)C(=O)C2(C)CCCCN2)s1. The van der Waals surface area contributed by atoms with E-state index in [1.54, 1.807) is 11.3 Å². The molecule has 0 aliphatic carbocycles. The highest BCUT2D eigenvalue weighted by Gasteiger charge is 2.36. The molecule has 1 fully saturated rings. The quantitative estimate of drug-likeness (QED) is 0.910. The minimum Gasteiger partial charge on any atom is -0.339 e. The van der Waals surface area contributed by atoms with Gasteiger partial charge < -0.3 is 10.2 Å². The van der Waals surface area contributed by atoms with Crippen molar-refractivity contribution >= 4 is 17.2 Å². The van der Waals surface area contributed by atoms with E-state index >= 15 is 0 Å². The molecule has 1 aromatic heterocycles. The van der Waals surface area contributed by atoms with Gasteiger partial charge in [-0.3, -0.25) is 4.79 Å². The van der Waals surface area contributed by atoms with E-state index in [0.717, 1.165) is 29.3 Å². The highest BCUT2D eigenvalue weighted by Crippen LogP contribution is 2.22. The molecule has 1 unspecified atom stereocenters. The molecule has 0 aromatic carbocycles. The van der Waals surface area contributed by atoms with Crippen molar-refractivity contribution in [2.75, 3.05) is 13.6 Å². The summed E-state index contributed by atoms with van der Waals surface area (Å²) in [6, 6.07) is 0. The second-order valence-corrected chi connectivity index (χ2v) is 6.54. The number of hydrogen-bond donors (Lipinski definition) is 1. The molecule has 1 aliphatic heterocycles. The molecule has 100 valence electrons. The Morgan fingerprint density at radius 1 is 1.61 bits per heavy atom. The lowest BCUT2D eigenvalue weighted by Crippen LogP contribution is -2.56. The topological polar surface area (TPSA) is 45.2 Å². The molecule has 1 N–H and O–H groups in total. The number of aryl methyl sites for hydroxylation is 1. The zero-order valence-electron chi connectivity index (χ0n) is 11.3. The highest BCUT2D eigenvalue weighted by molar-refractivity contribution is 7.11. The first-order chi connectivity index (χ1) is 8.51. The molecular weight excluding hydrogens is 246 g/mol. The molecule has 1 aliphatic rings. The van der Waals surface area contributed by atoms with Gasteiger partial charge in [-0.25, -0.2) is 4.98 Å². The standard InChI is InChI=1S/C13H21N3OS/c1-10-14-8-11(18-10)9-16(3)12(17)13(2)6-4-5-7-15-13/h8,15H,4-7,9H2,1-3H3. The maximum atomic E-state index is 12.5. The molecule has 2 rings (SSSR count). The van der Waals surface area contributed by atoms with Crippen LogP contribution in [-0.4, -0.2) is 34.9 Å². The van der Waals surface area contributed by atoms with Crippen molar-refractivity contribution in [2.24, 2.45) is 0 Å². The summed E-state index contributed by atoms with van der Waals surface area (Å²) in [6.45, 7) is 5.60. The van der Waals surface area contributed by atoms with Gasteiger partial charge in [0.2, 0.25) is 5.91 Å². The Labute approximate surface area is 112 Å². The molecule has 1 atom stereocenters. The van der Waals surface area contributed by atoms with Crippen LogP contribution in [0.3, 0.4) is 0 Å². The summed E-state index contributed by atoms with van der Waals surface area (Å²) in [5.74, 6) is 0.188. The zero-order chi connectivity index (χ0) is 13.2. The minimum absolute atomic E-state index is 0.188. The summed E-state index contributed by atoms with van der Waals surface area (Å²) in [7, 11) is 1.87. The molecule has 2 heterocycles. The molecular formula is C13H21N3OS. The Morgan fingerprint density at radius 3 is 2.94 bits per heavy atom. The van der Waals surface area contributed by atoms with Gasteiger partial charge in [0.15, 0.2) is 0 Å². The van der Waals surface area contributed by atoms with Gasteiger partial charge in [-0.05, 0) is 39.7 Å². The van der Waals surface area contributed by atoms with Gasteiger partial charge in [-0.1, -0.05) is 0 Å². The number of carbonyl (C=O) groups excluding carboxylic acids is 1. The number of amides is 1. The zero-order valence-corrected chi connectivity index (χ0v) is 12.1. The van der Waals surface area contributed by atoms with Crippen LogP contribution in [0.15, 0.2) is 6.20 Å². The number of likely N-dealkylation sites (N-methyl/N-ethyl adjacent to an activating group) is 1. The molecule has 4 nitrogen and oxygen atoms in total. The number of thiazole rings is 1. The molecule has 0 bridgehead atoms. The average Bonchev–Trinajstić information content (AvgIpc) is 2.74. The van der Waals surface area contributed by atoms with Crippen LogP contribution in [0, 0.1) is 6.92 Å². The Morgan fingerprint density at radius 2 is 2.39 bits per heavy atom. The van der Waals surface area contributed by atoms with Crippen LogP contribution >= 0.6 is 11.3 Å². The number of aromatic nitrogens is 1. The molecule has 5 heteroatoms. The first-order valence-electron chi connectivity index (χ1n) is 6.43. The third kappa shape index (κ3) is 2.90. The van der Waals surface area contributed by atoms with Crippen LogP contribution in [0.25, 0.3) is 0 Å². The highest BCUT2D eigenvalue weighted by atomic mass is 32.1. The van der Waals surface area contributed by atoms with Gasteiger partial charge in [0, 0.05) is 18.1 Å². The van der Waals surface area contributed by atoms with Crippen LogP contribution in [0.2, 0.25) is 0 Å². The lowest BCUT2D eigenvalue weighted by atomic mass is 9.89. The average molecular weight is 267 g/mol. The summed E-state index contributed by atoms with van der Waals surface area (Å²) in [6.07, 6.45) is 5.08. The van der Waals surface area contributed by atoms with Crippen LogP contribution in [0.5, 0.6) is 0 Å². The molecule has 18 heavy (non-hydrogen) atoms. The van der Waals surface area contributed by atoms with Gasteiger partial charge in [0.25, 0.3) is 0 Å². The van der Waals surface area contributed by atoms with Crippen LogP contribution < -0.4 is 5.32 Å². The lowest BCUT2D eigenvalue weighted by Gasteiger charge is -2.36. The summed E-state index contributed by atoms with van der Waals surface area (Å²) in [5.41, 5.74) is -0.382. The fourth-order valence-electron chi connectivity index (χ4n) is 2.44. The second kappa shape index (κ2) is 5.36. The van der Waals surface area contributed by atoms with E-state index in [9.17, 15) is 4.79 Å². The molecule has 1 aromatic rings. The minimum atomic E-state index is -0.382. The van der Waals surface area contributed by atoms with Crippen molar-refractivity contribution in [2.45, 2.75) is 45.2 Å². The van der Waals surface area contributed by atoms with E-state index < -0.39 is 0 Å². The molecule has 0 spiro atoms. The smallest absolute Gasteiger partial charge is 0.242 e. The van der Waals surface area contributed by atoms with Crippen molar-refractivity contribution < 1.29 is 4.79 Å². The van der Waals surface area contributed by atoms with Crippen molar-refractivity contribution in [1.82, 2.24) is 15.2 Å². The monoisotopic (exact) mass is 267 g/mol. The van der Waals surface area contributed by atoms with Gasteiger partial charge in [-0.15, -0.1) is 11.3 Å². The van der Waals surface area contributed by atoms with Crippen molar-refractivity contribution in [3.63, 3.8) is 0 Å². The fraction of sp³-hybridized carbons (Fsp3) is 0.692. The largest absolute Gasteiger partial charge is 0.339 e. The summed E-state index contributed by atoms with van der Waals surface area (Å²) in [5, 5.41) is 4.41. The van der Waals surface area contributed by atoms with Gasteiger partial charge in [0.1, 0.15) is 0 Å². The number of carbonyl (C=O) groups is 1. The van der Waals surface area contributed by atoms with Crippen LogP contribution in [0.1, 0.15) is 36.1 Å². The molecule has 0 saturated carbocycles. The Hall–Kier alpha value is -0.940. The predicted molar refractivity (Wildman–Crippen MR) is 73.6 cm³/mol. The third-order valence-electron chi connectivity index (χ3n) is 3.50. The summed E-state index contributed by atoms with van der Waals surface area (Å²) < 4.78 is 0. The second-order valence-electron chi connectivity index (χ2n) is 5.22. The maximum absolute atomic E-state index is 12.5. The number of nitrogens with one attached hydrogen (secondary N) is 1. The van der Waals surface area contributed by atoms with E-state index in [2.05, 4.69) is 10.3 Å². The predicted octanol–water partition coefficient (Wildman–Crippen LogP) is 1.94. The number of hydrogen-bond acceptors (Lipinski definition) is 4. The first kappa shape index (κ1) is 13.5. The van der Waals surface area contributed by atoms with E-state index in [1.165, 1.54) is 6.42 Å².